The Morgan fingerprint density at radius 3 is 2.64 bits per heavy atom. The van der Waals surface area contributed by atoms with E-state index in [0.717, 1.165) is 6.42 Å². The van der Waals surface area contributed by atoms with Gasteiger partial charge in [0.15, 0.2) is 5.69 Å². The lowest BCUT2D eigenvalue weighted by atomic mass is 9.88. The first-order chi connectivity index (χ1) is 17.2. The molecule has 3 aromatic rings. The van der Waals surface area contributed by atoms with Gasteiger partial charge in [-0.1, -0.05) is 18.2 Å². The van der Waals surface area contributed by atoms with Crippen LogP contribution in [0.15, 0.2) is 53.1 Å². The van der Waals surface area contributed by atoms with Crippen LogP contribution in [0.3, 0.4) is 0 Å². The highest BCUT2D eigenvalue weighted by atomic mass is 19.4. The van der Waals surface area contributed by atoms with Crippen molar-refractivity contribution in [2.75, 3.05) is 18.5 Å². The number of benzene rings is 1. The minimum absolute atomic E-state index is 0.0938. The van der Waals surface area contributed by atoms with Gasteiger partial charge in [-0.15, -0.1) is 0 Å². The van der Waals surface area contributed by atoms with E-state index in [2.05, 4.69) is 20.6 Å². The molecule has 1 aliphatic heterocycles. The van der Waals surface area contributed by atoms with Gasteiger partial charge < -0.3 is 19.8 Å². The summed E-state index contributed by atoms with van der Waals surface area (Å²) >= 11 is 0. The number of nitrogens with one attached hydrogen (secondary N) is 2. The summed E-state index contributed by atoms with van der Waals surface area (Å²) in [6, 6.07) is 11.2. The van der Waals surface area contributed by atoms with Crippen LogP contribution >= 0.6 is 0 Å². The van der Waals surface area contributed by atoms with Crippen molar-refractivity contribution in [2.45, 2.75) is 38.4 Å². The molecule has 2 atom stereocenters. The monoisotopic (exact) mass is 502 g/mol. The van der Waals surface area contributed by atoms with Crippen LogP contribution in [-0.4, -0.2) is 35.0 Å². The molecule has 2 unspecified atom stereocenters. The summed E-state index contributed by atoms with van der Waals surface area (Å²) < 4.78 is 50.5. The third kappa shape index (κ3) is 6.09. The lowest BCUT2D eigenvalue weighted by Crippen LogP contribution is -2.33. The van der Waals surface area contributed by atoms with Gasteiger partial charge in [-0.25, -0.2) is 4.98 Å². The topological polar surface area (TPSA) is 106 Å². The first-order valence-electron chi connectivity index (χ1n) is 11.5. The summed E-state index contributed by atoms with van der Waals surface area (Å²) in [4.78, 5) is 32.7. The highest BCUT2D eigenvalue weighted by molar-refractivity contribution is 6.03. The van der Waals surface area contributed by atoms with Crippen LogP contribution in [-0.2, 0) is 15.7 Å². The number of ether oxygens (including phenoxy) is 1. The summed E-state index contributed by atoms with van der Waals surface area (Å²) in [5.74, 6) is -2.91. The molecule has 1 fully saturated rings. The van der Waals surface area contributed by atoms with Crippen molar-refractivity contribution in [1.82, 2.24) is 15.3 Å². The van der Waals surface area contributed by atoms with Crippen LogP contribution in [0.5, 0.6) is 0 Å². The van der Waals surface area contributed by atoms with Crippen LogP contribution in [0, 0.1) is 5.92 Å². The molecule has 2 N–H and O–H groups in total. The maximum atomic E-state index is 13.5. The number of hydrogen-bond acceptors (Lipinski definition) is 7. The van der Waals surface area contributed by atoms with Crippen LogP contribution in [0.1, 0.15) is 54.2 Å². The Bertz CT molecular complexity index is 1200. The molecule has 0 radical (unpaired) electrons. The fourth-order valence-corrected chi connectivity index (χ4v) is 4.11. The Morgan fingerprint density at radius 1 is 1.19 bits per heavy atom. The smallest absolute Gasteiger partial charge is 0.452 e. The molecule has 2 aromatic heterocycles. The Kier molecular flexibility index (Phi) is 7.68. The third-order valence-corrected chi connectivity index (χ3v) is 5.79. The summed E-state index contributed by atoms with van der Waals surface area (Å²) in [6.07, 6.45) is -1.66. The maximum Gasteiger partial charge on any atom is 0.452 e. The van der Waals surface area contributed by atoms with E-state index in [1.54, 1.807) is 37.3 Å². The highest BCUT2D eigenvalue weighted by Gasteiger charge is 2.42. The van der Waals surface area contributed by atoms with Crippen molar-refractivity contribution in [3.63, 3.8) is 0 Å². The van der Waals surface area contributed by atoms with Crippen molar-refractivity contribution >= 4 is 17.6 Å². The Hall–Kier alpha value is -3.73. The lowest BCUT2D eigenvalue weighted by Gasteiger charge is -2.29. The molecule has 1 amide bonds. The number of rotatable bonds is 7. The number of carbonyl (C=O) groups excluding carboxylic acids is 2. The summed E-state index contributed by atoms with van der Waals surface area (Å²) in [7, 11) is 0. The Labute approximate surface area is 205 Å². The zero-order valence-electron chi connectivity index (χ0n) is 19.5. The number of anilines is 1. The summed E-state index contributed by atoms with van der Waals surface area (Å²) in [6.45, 7) is 2.82. The van der Waals surface area contributed by atoms with Gasteiger partial charge in [0.05, 0.1) is 24.2 Å². The maximum absolute atomic E-state index is 13.5. The van der Waals surface area contributed by atoms with Gasteiger partial charge in [0, 0.05) is 18.0 Å². The van der Waals surface area contributed by atoms with Gasteiger partial charge in [-0.05, 0) is 56.5 Å². The molecule has 0 aliphatic carbocycles. The van der Waals surface area contributed by atoms with Gasteiger partial charge in [-0.2, -0.15) is 13.2 Å². The summed E-state index contributed by atoms with van der Waals surface area (Å²) in [5, 5.41) is 5.76. The van der Waals surface area contributed by atoms with E-state index in [1.165, 1.54) is 18.3 Å². The predicted molar refractivity (Wildman–Crippen MR) is 124 cm³/mol. The number of esters is 1. The first kappa shape index (κ1) is 25.4. The molecule has 1 aliphatic rings. The van der Waals surface area contributed by atoms with Crippen molar-refractivity contribution in [3.05, 3.63) is 65.8 Å². The van der Waals surface area contributed by atoms with Crippen molar-refractivity contribution in [1.29, 1.82) is 0 Å². The minimum Gasteiger partial charge on any atom is -0.466 e. The van der Waals surface area contributed by atoms with E-state index in [1.807, 2.05) is 0 Å². The molecule has 36 heavy (non-hydrogen) atoms. The second kappa shape index (κ2) is 10.9. The molecule has 8 nitrogen and oxygen atoms in total. The lowest BCUT2D eigenvalue weighted by molar-refractivity contribution is -0.153. The third-order valence-electron chi connectivity index (χ3n) is 5.79. The van der Waals surface area contributed by atoms with Crippen LogP contribution in [0.2, 0.25) is 0 Å². The predicted octanol–water partition coefficient (Wildman–Crippen LogP) is 5.00. The molecule has 11 heteroatoms. The Morgan fingerprint density at radius 2 is 1.97 bits per heavy atom. The molecule has 0 saturated carbocycles. The van der Waals surface area contributed by atoms with Gasteiger partial charge in [0.1, 0.15) is 0 Å². The second-order valence-electron chi connectivity index (χ2n) is 8.39. The molecule has 190 valence electrons. The number of piperidine rings is 1. The number of halogens is 3. The largest absolute Gasteiger partial charge is 0.466 e. The minimum atomic E-state index is -4.90. The van der Waals surface area contributed by atoms with Gasteiger partial charge in [0.25, 0.3) is 5.91 Å². The number of pyridine rings is 1. The standard InChI is InChI=1S/C25H25F3N4O4/c1-2-35-20(33)13-15-10-11-29-19(12-15)18-9-8-17(14-30-18)31-23(34)21-22(25(26,27)28)36-24(32-21)16-6-4-3-5-7-16/h3-9,14-15,19,29H,2,10-13H2,1H3,(H,31,34). The molecular formula is C25H25F3N4O4. The van der Waals surface area contributed by atoms with Crippen molar-refractivity contribution in [3.8, 4) is 11.5 Å². The van der Waals surface area contributed by atoms with E-state index >= 15 is 0 Å². The first-order valence-corrected chi connectivity index (χ1v) is 11.5. The number of oxazole rings is 1. The van der Waals surface area contributed by atoms with Gasteiger partial charge >= 0.3 is 12.1 Å². The molecule has 3 heterocycles. The van der Waals surface area contributed by atoms with E-state index < -0.39 is 23.5 Å². The average molecular weight is 502 g/mol. The number of hydrogen-bond donors (Lipinski definition) is 2. The van der Waals surface area contributed by atoms with Gasteiger partial charge in [-0.3, -0.25) is 14.6 Å². The molecular weight excluding hydrogens is 477 g/mol. The number of alkyl halides is 3. The Balaban J connectivity index is 1.46. The number of nitrogens with zero attached hydrogens (tertiary/aromatic N) is 2. The zero-order chi connectivity index (χ0) is 25.7. The normalized spacial score (nSPS) is 18.0. The number of carbonyl (C=O) groups is 2. The highest BCUT2D eigenvalue weighted by Crippen LogP contribution is 2.35. The number of amides is 1. The van der Waals surface area contributed by atoms with E-state index in [9.17, 15) is 22.8 Å². The zero-order valence-corrected chi connectivity index (χ0v) is 19.5. The summed E-state index contributed by atoms with van der Waals surface area (Å²) in [5.41, 5.74) is 0.362. The SMILES string of the molecule is CCOC(=O)CC1CCNC(c2ccc(NC(=O)c3nc(-c4ccccc4)oc3C(F)(F)F)cn2)C1. The molecule has 0 spiro atoms. The van der Waals surface area contributed by atoms with E-state index in [-0.39, 0.29) is 29.5 Å². The van der Waals surface area contributed by atoms with Crippen LogP contribution in [0.4, 0.5) is 18.9 Å². The molecule has 1 aromatic carbocycles. The van der Waals surface area contributed by atoms with E-state index in [4.69, 9.17) is 9.15 Å². The second-order valence-corrected chi connectivity index (χ2v) is 8.39. The molecule has 0 bridgehead atoms. The fraction of sp³-hybridized carbons (Fsp3) is 0.360. The van der Waals surface area contributed by atoms with Gasteiger partial charge in [0.2, 0.25) is 11.7 Å². The van der Waals surface area contributed by atoms with Crippen LogP contribution in [0.25, 0.3) is 11.5 Å². The van der Waals surface area contributed by atoms with Crippen molar-refractivity contribution < 1.29 is 31.9 Å². The van der Waals surface area contributed by atoms with Crippen molar-refractivity contribution in [2.24, 2.45) is 5.92 Å². The molecule has 4 rings (SSSR count). The quantitative estimate of drug-likeness (QED) is 0.438. The number of aromatic nitrogens is 2. The fourth-order valence-electron chi connectivity index (χ4n) is 4.11. The van der Waals surface area contributed by atoms with E-state index in [0.29, 0.717) is 37.3 Å². The molecule has 1 saturated heterocycles. The van der Waals surface area contributed by atoms with Crippen LogP contribution < -0.4 is 10.6 Å². The average Bonchev–Trinajstić information content (AvgIpc) is 3.32.